The molecule has 1 heterocycles. The summed E-state index contributed by atoms with van der Waals surface area (Å²) < 4.78 is 10.3. The van der Waals surface area contributed by atoms with Gasteiger partial charge in [-0.3, -0.25) is 4.98 Å². The third-order valence-corrected chi connectivity index (χ3v) is 2.86. The van der Waals surface area contributed by atoms with Crippen LogP contribution >= 0.6 is 0 Å². The molecule has 2 aromatic rings. The molecule has 1 aromatic heterocycles. The van der Waals surface area contributed by atoms with Crippen molar-refractivity contribution in [3.63, 3.8) is 0 Å². The van der Waals surface area contributed by atoms with Crippen LogP contribution < -0.4 is 4.74 Å². The fourth-order valence-corrected chi connectivity index (χ4v) is 1.96. The molecule has 0 aliphatic carbocycles. The fraction of sp³-hybridized carbons (Fsp3) is 0.267. The van der Waals surface area contributed by atoms with Crippen LogP contribution in [0.2, 0.25) is 0 Å². The second-order valence-electron chi connectivity index (χ2n) is 4.17. The summed E-state index contributed by atoms with van der Waals surface area (Å²) in [6.07, 6.45) is 0.827. The largest absolute Gasteiger partial charge is 0.495 e. The van der Waals surface area contributed by atoms with Gasteiger partial charge in [0, 0.05) is 13.3 Å². The fourth-order valence-electron chi connectivity index (χ4n) is 1.96. The molecule has 0 radical (unpaired) electrons. The number of pyridine rings is 1. The van der Waals surface area contributed by atoms with Crippen LogP contribution in [0, 0.1) is 0 Å². The lowest BCUT2D eigenvalue weighted by molar-refractivity contribution is 0.183. The molecule has 0 saturated carbocycles. The first-order valence-corrected chi connectivity index (χ1v) is 6.01. The lowest BCUT2D eigenvalue weighted by Gasteiger charge is -2.14. The van der Waals surface area contributed by atoms with Gasteiger partial charge in [0.2, 0.25) is 0 Å². The van der Waals surface area contributed by atoms with E-state index in [9.17, 15) is 5.11 Å². The Kier molecular flexibility index (Phi) is 4.49. The van der Waals surface area contributed by atoms with E-state index in [0.717, 1.165) is 11.1 Å². The predicted molar refractivity (Wildman–Crippen MR) is 72.0 cm³/mol. The maximum absolute atomic E-state index is 10.4. The molecule has 0 spiro atoms. The highest BCUT2D eigenvalue weighted by atomic mass is 16.5. The zero-order valence-electron chi connectivity index (χ0n) is 11.0. The molecule has 1 N–H and O–H groups in total. The molecule has 0 saturated heterocycles. The Morgan fingerprint density at radius 3 is 2.79 bits per heavy atom. The summed E-state index contributed by atoms with van der Waals surface area (Å²) in [5.41, 5.74) is 2.29. The van der Waals surface area contributed by atoms with E-state index < -0.39 is 6.10 Å². The summed E-state index contributed by atoms with van der Waals surface area (Å²) in [6.45, 7) is 0.514. The van der Waals surface area contributed by atoms with E-state index >= 15 is 0 Å². The molecule has 0 amide bonds. The predicted octanol–water partition coefficient (Wildman–Crippen LogP) is 2.32. The molecule has 4 heteroatoms. The third-order valence-electron chi connectivity index (χ3n) is 2.86. The SMILES string of the molecule is COCc1cccc(C(O)c2ncccc2OC)c1. The number of rotatable bonds is 5. The number of aromatic nitrogens is 1. The summed E-state index contributed by atoms with van der Waals surface area (Å²) in [7, 11) is 3.21. The van der Waals surface area contributed by atoms with E-state index in [0.29, 0.717) is 18.1 Å². The average molecular weight is 259 g/mol. The molecule has 4 nitrogen and oxygen atoms in total. The molecular formula is C15H17NO3. The van der Waals surface area contributed by atoms with E-state index in [1.54, 1.807) is 32.5 Å². The second-order valence-corrected chi connectivity index (χ2v) is 4.17. The monoisotopic (exact) mass is 259 g/mol. The Hall–Kier alpha value is -1.91. The average Bonchev–Trinajstić information content (AvgIpc) is 2.47. The summed E-state index contributed by atoms with van der Waals surface area (Å²) >= 11 is 0. The summed E-state index contributed by atoms with van der Waals surface area (Å²) in [5, 5.41) is 10.4. The van der Waals surface area contributed by atoms with Gasteiger partial charge in [-0.25, -0.2) is 0 Å². The minimum atomic E-state index is -0.812. The van der Waals surface area contributed by atoms with Crippen molar-refractivity contribution in [2.24, 2.45) is 0 Å². The van der Waals surface area contributed by atoms with Gasteiger partial charge in [-0.1, -0.05) is 24.3 Å². The van der Waals surface area contributed by atoms with E-state index in [1.807, 2.05) is 24.3 Å². The molecule has 1 aromatic carbocycles. The minimum absolute atomic E-state index is 0.513. The molecular weight excluding hydrogens is 242 g/mol. The van der Waals surface area contributed by atoms with Crippen LogP contribution in [0.1, 0.15) is 22.9 Å². The second kappa shape index (κ2) is 6.31. The number of hydrogen-bond donors (Lipinski definition) is 1. The van der Waals surface area contributed by atoms with Gasteiger partial charge >= 0.3 is 0 Å². The molecule has 0 fully saturated rings. The van der Waals surface area contributed by atoms with Crippen molar-refractivity contribution >= 4 is 0 Å². The van der Waals surface area contributed by atoms with Crippen LogP contribution in [-0.4, -0.2) is 24.3 Å². The van der Waals surface area contributed by atoms with Crippen LogP contribution in [-0.2, 0) is 11.3 Å². The number of hydrogen-bond acceptors (Lipinski definition) is 4. The van der Waals surface area contributed by atoms with Crippen molar-refractivity contribution in [1.29, 1.82) is 0 Å². The maximum atomic E-state index is 10.4. The molecule has 19 heavy (non-hydrogen) atoms. The van der Waals surface area contributed by atoms with Gasteiger partial charge < -0.3 is 14.6 Å². The van der Waals surface area contributed by atoms with Crippen molar-refractivity contribution in [2.45, 2.75) is 12.7 Å². The number of benzene rings is 1. The van der Waals surface area contributed by atoms with Crippen LogP contribution in [0.25, 0.3) is 0 Å². The smallest absolute Gasteiger partial charge is 0.143 e. The lowest BCUT2D eigenvalue weighted by atomic mass is 10.0. The van der Waals surface area contributed by atoms with Gasteiger partial charge in [-0.05, 0) is 23.3 Å². The Balaban J connectivity index is 2.32. The van der Waals surface area contributed by atoms with Crippen molar-refractivity contribution in [1.82, 2.24) is 4.98 Å². The normalized spacial score (nSPS) is 12.2. The van der Waals surface area contributed by atoms with Crippen LogP contribution in [0.15, 0.2) is 42.6 Å². The van der Waals surface area contributed by atoms with Gasteiger partial charge in [0.15, 0.2) is 0 Å². The molecule has 1 atom stereocenters. The van der Waals surface area contributed by atoms with Gasteiger partial charge in [0.25, 0.3) is 0 Å². The Labute approximate surface area is 112 Å². The zero-order chi connectivity index (χ0) is 13.7. The molecule has 0 aliphatic heterocycles. The Morgan fingerprint density at radius 2 is 2.05 bits per heavy atom. The summed E-state index contributed by atoms with van der Waals surface area (Å²) in [4.78, 5) is 4.20. The van der Waals surface area contributed by atoms with Gasteiger partial charge in [0.1, 0.15) is 17.5 Å². The van der Waals surface area contributed by atoms with E-state index in [2.05, 4.69) is 4.98 Å². The molecule has 0 bridgehead atoms. The molecule has 100 valence electrons. The standard InChI is InChI=1S/C15H17NO3/c1-18-10-11-5-3-6-12(9-11)15(17)14-13(19-2)7-4-8-16-14/h3-9,15,17H,10H2,1-2H3. The highest BCUT2D eigenvalue weighted by molar-refractivity contribution is 5.36. The quantitative estimate of drug-likeness (QED) is 0.895. The number of nitrogens with zero attached hydrogens (tertiary/aromatic N) is 1. The van der Waals surface area contributed by atoms with Gasteiger partial charge in [0.05, 0.1) is 13.7 Å². The van der Waals surface area contributed by atoms with Gasteiger partial charge in [-0.15, -0.1) is 0 Å². The van der Waals surface area contributed by atoms with Gasteiger partial charge in [-0.2, -0.15) is 0 Å². The van der Waals surface area contributed by atoms with E-state index in [4.69, 9.17) is 9.47 Å². The number of aliphatic hydroxyl groups is 1. The van der Waals surface area contributed by atoms with Crippen molar-refractivity contribution in [3.8, 4) is 5.75 Å². The van der Waals surface area contributed by atoms with Crippen LogP contribution in [0.5, 0.6) is 5.75 Å². The Bertz CT molecular complexity index is 542. The van der Waals surface area contributed by atoms with Crippen LogP contribution in [0.4, 0.5) is 0 Å². The number of ether oxygens (including phenoxy) is 2. The van der Waals surface area contributed by atoms with E-state index in [-0.39, 0.29) is 0 Å². The molecule has 0 aliphatic rings. The first-order chi connectivity index (χ1) is 9.26. The minimum Gasteiger partial charge on any atom is -0.495 e. The zero-order valence-corrected chi connectivity index (χ0v) is 11.0. The van der Waals surface area contributed by atoms with Crippen molar-refractivity contribution < 1.29 is 14.6 Å². The first-order valence-electron chi connectivity index (χ1n) is 6.01. The number of aliphatic hydroxyl groups excluding tert-OH is 1. The summed E-state index contributed by atoms with van der Waals surface area (Å²) in [5.74, 6) is 0.576. The van der Waals surface area contributed by atoms with Crippen LogP contribution in [0.3, 0.4) is 0 Å². The Morgan fingerprint density at radius 1 is 1.21 bits per heavy atom. The molecule has 1 unspecified atom stereocenters. The number of methoxy groups -OCH3 is 2. The van der Waals surface area contributed by atoms with Crippen molar-refractivity contribution in [3.05, 3.63) is 59.4 Å². The molecule has 2 rings (SSSR count). The topological polar surface area (TPSA) is 51.6 Å². The third kappa shape index (κ3) is 3.10. The summed E-state index contributed by atoms with van der Waals surface area (Å²) in [6, 6.07) is 11.2. The van der Waals surface area contributed by atoms with Crippen molar-refractivity contribution in [2.75, 3.05) is 14.2 Å². The highest BCUT2D eigenvalue weighted by Crippen LogP contribution is 2.28. The first kappa shape index (κ1) is 13.5. The van der Waals surface area contributed by atoms with E-state index in [1.165, 1.54) is 0 Å². The maximum Gasteiger partial charge on any atom is 0.143 e. The highest BCUT2D eigenvalue weighted by Gasteiger charge is 2.16. The lowest BCUT2D eigenvalue weighted by Crippen LogP contribution is -2.05.